The third kappa shape index (κ3) is 28.1. The van der Waals surface area contributed by atoms with Crippen LogP contribution in [0.15, 0.2) is 0 Å². The third-order valence-corrected chi connectivity index (χ3v) is 7.90. The number of hydrogen-bond donors (Lipinski definition) is 0. The fourth-order valence-electron chi connectivity index (χ4n) is 5.49. The molecule has 0 fully saturated rings. The standard InChI is InChI=1S/C33H68/c1-4-7-10-13-16-18-19-20-23-26-29-32-33(30-27-24-21-15-12-9-6-3)31-28-25-22-17-14-11-8-5-2/h33H,4-32H2,1-3H3. The molecular weight excluding hydrogens is 396 g/mol. The highest BCUT2D eigenvalue weighted by atomic mass is 14.1. The second kappa shape index (κ2) is 30.0. The summed E-state index contributed by atoms with van der Waals surface area (Å²) in [4.78, 5) is 0. The third-order valence-electron chi connectivity index (χ3n) is 7.90. The zero-order chi connectivity index (χ0) is 24.1. The smallest absolute Gasteiger partial charge is 0.0414 e. The Kier molecular flexibility index (Phi) is 30.0. The van der Waals surface area contributed by atoms with Crippen molar-refractivity contribution >= 4 is 0 Å². The summed E-state index contributed by atoms with van der Waals surface area (Å²) in [5.74, 6) is 1.04. The van der Waals surface area contributed by atoms with Crippen molar-refractivity contribution in [3.63, 3.8) is 0 Å². The molecule has 33 heavy (non-hydrogen) atoms. The second-order valence-corrected chi connectivity index (χ2v) is 11.4. The normalized spacial score (nSPS) is 12.5. The second-order valence-electron chi connectivity index (χ2n) is 11.4. The lowest BCUT2D eigenvalue weighted by atomic mass is 9.89. The van der Waals surface area contributed by atoms with Gasteiger partial charge in [0, 0.05) is 0 Å². The zero-order valence-corrected chi connectivity index (χ0v) is 24.1. The van der Waals surface area contributed by atoms with E-state index in [1.807, 2.05) is 0 Å². The molecule has 0 aliphatic carbocycles. The minimum Gasteiger partial charge on any atom is -0.0654 e. The molecule has 0 saturated carbocycles. The van der Waals surface area contributed by atoms with Gasteiger partial charge in [0.05, 0.1) is 0 Å². The Labute approximate surface area is 212 Å². The summed E-state index contributed by atoms with van der Waals surface area (Å²) in [5.41, 5.74) is 0. The van der Waals surface area contributed by atoms with Crippen LogP contribution in [-0.2, 0) is 0 Å². The number of rotatable bonds is 29. The molecular formula is C33H68. The molecule has 0 nitrogen and oxygen atoms in total. The molecule has 200 valence electrons. The van der Waals surface area contributed by atoms with Gasteiger partial charge in [-0.05, 0) is 5.92 Å². The Morgan fingerprint density at radius 2 is 0.424 bits per heavy atom. The summed E-state index contributed by atoms with van der Waals surface area (Å²) in [6, 6.07) is 0. The van der Waals surface area contributed by atoms with Crippen molar-refractivity contribution in [1.29, 1.82) is 0 Å². The maximum atomic E-state index is 2.32. The number of unbranched alkanes of at least 4 members (excludes halogenated alkanes) is 23. The van der Waals surface area contributed by atoms with Crippen LogP contribution in [0.1, 0.15) is 207 Å². The maximum absolute atomic E-state index is 2.32. The van der Waals surface area contributed by atoms with Crippen molar-refractivity contribution < 1.29 is 0 Å². The minimum absolute atomic E-state index is 1.04. The van der Waals surface area contributed by atoms with Crippen LogP contribution in [0, 0.1) is 5.92 Å². The van der Waals surface area contributed by atoms with E-state index < -0.39 is 0 Å². The van der Waals surface area contributed by atoms with E-state index in [4.69, 9.17) is 0 Å². The summed E-state index contributed by atoms with van der Waals surface area (Å²) in [5, 5.41) is 0. The average molecular weight is 465 g/mol. The van der Waals surface area contributed by atoms with Gasteiger partial charge in [-0.3, -0.25) is 0 Å². The Balaban J connectivity index is 3.80. The van der Waals surface area contributed by atoms with Crippen LogP contribution >= 0.6 is 0 Å². The van der Waals surface area contributed by atoms with Gasteiger partial charge in [0.15, 0.2) is 0 Å². The van der Waals surface area contributed by atoms with E-state index >= 15 is 0 Å². The van der Waals surface area contributed by atoms with E-state index in [1.165, 1.54) is 186 Å². The quantitative estimate of drug-likeness (QED) is 0.0965. The average Bonchev–Trinajstić information content (AvgIpc) is 2.83. The highest BCUT2D eigenvalue weighted by Crippen LogP contribution is 2.25. The molecule has 0 rings (SSSR count). The minimum atomic E-state index is 1.04. The molecule has 0 heteroatoms. The largest absolute Gasteiger partial charge is 0.0654 e. The predicted molar refractivity (Wildman–Crippen MR) is 154 cm³/mol. The molecule has 0 aliphatic rings. The van der Waals surface area contributed by atoms with Gasteiger partial charge in [0.2, 0.25) is 0 Å². The molecule has 0 saturated heterocycles. The van der Waals surface area contributed by atoms with E-state index in [1.54, 1.807) is 0 Å². The van der Waals surface area contributed by atoms with Crippen LogP contribution in [0.25, 0.3) is 0 Å². The van der Waals surface area contributed by atoms with Gasteiger partial charge in [-0.2, -0.15) is 0 Å². The highest BCUT2D eigenvalue weighted by molar-refractivity contribution is 4.62. The Morgan fingerprint density at radius 1 is 0.242 bits per heavy atom. The molecule has 0 amide bonds. The van der Waals surface area contributed by atoms with Gasteiger partial charge >= 0.3 is 0 Å². The highest BCUT2D eigenvalue weighted by Gasteiger charge is 2.09. The molecule has 0 N–H and O–H groups in total. The van der Waals surface area contributed by atoms with E-state index in [0.29, 0.717) is 0 Å². The topological polar surface area (TPSA) is 0 Å². The molecule has 0 bridgehead atoms. The first-order valence-corrected chi connectivity index (χ1v) is 16.3. The van der Waals surface area contributed by atoms with Crippen LogP contribution in [0.3, 0.4) is 0 Å². The first-order valence-electron chi connectivity index (χ1n) is 16.3. The summed E-state index contributed by atoms with van der Waals surface area (Å²) < 4.78 is 0. The van der Waals surface area contributed by atoms with Crippen molar-refractivity contribution in [3.05, 3.63) is 0 Å². The molecule has 0 spiro atoms. The fourth-order valence-corrected chi connectivity index (χ4v) is 5.49. The van der Waals surface area contributed by atoms with Crippen molar-refractivity contribution in [2.75, 3.05) is 0 Å². The lowest BCUT2D eigenvalue weighted by Crippen LogP contribution is -2.01. The summed E-state index contributed by atoms with van der Waals surface area (Å²) in [6.45, 7) is 6.96. The van der Waals surface area contributed by atoms with E-state index in [-0.39, 0.29) is 0 Å². The Morgan fingerprint density at radius 3 is 0.636 bits per heavy atom. The lowest BCUT2D eigenvalue weighted by Gasteiger charge is -2.17. The lowest BCUT2D eigenvalue weighted by molar-refractivity contribution is 0.365. The van der Waals surface area contributed by atoms with Crippen LogP contribution in [0.2, 0.25) is 0 Å². The molecule has 0 radical (unpaired) electrons. The zero-order valence-electron chi connectivity index (χ0n) is 24.1. The van der Waals surface area contributed by atoms with E-state index in [0.717, 1.165) is 5.92 Å². The van der Waals surface area contributed by atoms with Gasteiger partial charge in [0.25, 0.3) is 0 Å². The molecule has 0 aromatic rings. The number of hydrogen-bond acceptors (Lipinski definition) is 0. The SMILES string of the molecule is CCCCCCCCCCCCCC(CCCCCCCCC)CCCCCCCCCC. The maximum Gasteiger partial charge on any atom is -0.0414 e. The van der Waals surface area contributed by atoms with Gasteiger partial charge in [-0.1, -0.05) is 207 Å². The van der Waals surface area contributed by atoms with Crippen molar-refractivity contribution in [3.8, 4) is 0 Å². The van der Waals surface area contributed by atoms with Crippen molar-refractivity contribution in [2.45, 2.75) is 207 Å². The molecule has 0 heterocycles. The van der Waals surface area contributed by atoms with Crippen LogP contribution in [0.5, 0.6) is 0 Å². The molecule has 0 aromatic heterocycles. The molecule has 1 unspecified atom stereocenters. The summed E-state index contributed by atoms with van der Waals surface area (Å²) in [7, 11) is 0. The Bertz CT molecular complexity index is 320. The van der Waals surface area contributed by atoms with E-state index in [2.05, 4.69) is 20.8 Å². The van der Waals surface area contributed by atoms with E-state index in [9.17, 15) is 0 Å². The predicted octanol–water partition coefficient (Wildman–Crippen LogP) is 13.0. The fraction of sp³-hybridized carbons (Fsp3) is 1.00. The molecule has 0 aliphatic heterocycles. The summed E-state index contributed by atoms with van der Waals surface area (Å²) >= 11 is 0. The van der Waals surface area contributed by atoms with Gasteiger partial charge in [-0.15, -0.1) is 0 Å². The van der Waals surface area contributed by atoms with Crippen molar-refractivity contribution in [1.82, 2.24) is 0 Å². The van der Waals surface area contributed by atoms with Gasteiger partial charge in [-0.25, -0.2) is 0 Å². The Hall–Kier alpha value is 0. The van der Waals surface area contributed by atoms with Gasteiger partial charge in [0.1, 0.15) is 0 Å². The first-order chi connectivity index (χ1) is 16.3. The summed E-state index contributed by atoms with van der Waals surface area (Å²) in [6.07, 6.45) is 42.8. The monoisotopic (exact) mass is 465 g/mol. The van der Waals surface area contributed by atoms with Crippen LogP contribution in [0.4, 0.5) is 0 Å². The molecule has 1 atom stereocenters. The van der Waals surface area contributed by atoms with Crippen LogP contribution < -0.4 is 0 Å². The molecule has 0 aromatic carbocycles. The van der Waals surface area contributed by atoms with Gasteiger partial charge < -0.3 is 0 Å². The van der Waals surface area contributed by atoms with Crippen molar-refractivity contribution in [2.24, 2.45) is 5.92 Å². The van der Waals surface area contributed by atoms with Crippen LogP contribution in [-0.4, -0.2) is 0 Å². The first kappa shape index (κ1) is 33.0.